The lowest BCUT2D eigenvalue weighted by atomic mass is 10.0. The second-order valence-corrected chi connectivity index (χ2v) is 6.76. The van der Waals surface area contributed by atoms with Crippen LogP contribution in [0.1, 0.15) is 30.9 Å². The van der Waals surface area contributed by atoms with E-state index in [0.29, 0.717) is 12.1 Å². The van der Waals surface area contributed by atoms with Crippen molar-refractivity contribution in [1.29, 1.82) is 0 Å². The van der Waals surface area contributed by atoms with Crippen molar-refractivity contribution in [1.82, 2.24) is 9.47 Å². The highest BCUT2D eigenvalue weighted by Crippen LogP contribution is 2.33. The van der Waals surface area contributed by atoms with Crippen molar-refractivity contribution in [3.05, 3.63) is 64.6 Å². The van der Waals surface area contributed by atoms with Gasteiger partial charge in [0.05, 0.1) is 18.7 Å². The first-order chi connectivity index (χ1) is 13.2. The summed E-state index contributed by atoms with van der Waals surface area (Å²) in [5.41, 5.74) is 2.36. The van der Waals surface area contributed by atoms with Gasteiger partial charge in [0.2, 0.25) is 5.91 Å². The molecule has 3 aromatic rings. The highest BCUT2D eigenvalue weighted by Gasteiger charge is 2.30. The number of ether oxygens (including phenoxy) is 1. The molecule has 6 heteroatoms. The fourth-order valence-electron chi connectivity index (χ4n) is 3.84. The number of hydrogen-bond acceptors (Lipinski definition) is 4. The number of carbonyl (C=O) groups excluding carboxylic acids is 1. The molecule has 0 saturated carbocycles. The van der Waals surface area contributed by atoms with Gasteiger partial charge in [-0.15, -0.1) is 0 Å². The molecule has 4 rings (SSSR count). The quantitative estimate of drug-likeness (QED) is 0.695. The number of likely N-dealkylation sites (tertiary alicyclic amines) is 1. The zero-order chi connectivity index (χ0) is 18.8. The van der Waals surface area contributed by atoms with Crippen LogP contribution in [-0.2, 0) is 11.3 Å². The molecule has 1 saturated heterocycles. The Morgan fingerprint density at radius 2 is 2.07 bits per heavy atom. The third-order valence-electron chi connectivity index (χ3n) is 5.17. The third kappa shape index (κ3) is 3.35. The lowest BCUT2D eigenvalue weighted by Crippen LogP contribution is -2.31. The van der Waals surface area contributed by atoms with Gasteiger partial charge in [-0.25, -0.2) is 4.79 Å². The summed E-state index contributed by atoms with van der Waals surface area (Å²) in [6.07, 6.45) is 2.18. The second-order valence-electron chi connectivity index (χ2n) is 6.76. The van der Waals surface area contributed by atoms with Crippen LogP contribution < -0.4 is 10.5 Å². The van der Waals surface area contributed by atoms with Gasteiger partial charge in [-0.1, -0.05) is 24.3 Å². The number of rotatable bonds is 5. The number of para-hydroxylation sites is 2. The van der Waals surface area contributed by atoms with E-state index in [2.05, 4.69) is 0 Å². The van der Waals surface area contributed by atoms with Crippen LogP contribution in [-0.4, -0.2) is 29.0 Å². The SMILES string of the molecule is COc1cccc(C2CCCN2C(=O)CCn2c(=O)oc3ccccc32)c1. The van der Waals surface area contributed by atoms with E-state index in [9.17, 15) is 9.59 Å². The van der Waals surface area contributed by atoms with Gasteiger partial charge in [0.15, 0.2) is 5.58 Å². The van der Waals surface area contributed by atoms with E-state index < -0.39 is 5.76 Å². The van der Waals surface area contributed by atoms with Crippen LogP contribution in [0.2, 0.25) is 0 Å². The van der Waals surface area contributed by atoms with E-state index in [1.165, 1.54) is 4.57 Å². The van der Waals surface area contributed by atoms with Crippen LogP contribution >= 0.6 is 0 Å². The predicted molar refractivity (Wildman–Crippen MR) is 102 cm³/mol. The molecule has 0 spiro atoms. The molecule has 0 bridgehead atoms. The number of benzene rings is 2. The van der Waals surface area contributed by atoms with E-state index in [1.54, 1.807) is 13.2 Å². The molecule has 2 aromatic carbocycles. The molecular weight excluding hydrogens is 344 g/mol. The molecule has 1 fully saturated rings. The molecule has 1 unspecified atom stereocenters. The molecule has 0 aliphatic carbocycles. The number of amides is 1. The summed E-state index contributed by atoms with van der Waals surface area (Å²) in [7, 11) is 1.64. The Bertz CT molecular complexity index is 1020. The molecule has 1 atom stereocenters. The van der Waals surface area contributed by atoms with Crippen molar-refractivity contribution in [2.24, 2.45) is 0 Å². The summed E-state index contributed by atoms with van der Waals surface area (Å²) in [5, 5.41) is 0. The molecule has 0 radical (unpaired) electrons. The zero-order valence-corrected chi connectivity index (χ0v) is 15.3. The maximum absolute atomic E-state index is 12.9. The minimum Gasteiger partial charge on any atom is -0.497 e. The van der Waals surface area contributed by atoms with Crippen molar-refractivity contribution in [3.63, 3.8) is 0 Å². The Balaban J connectivity index is 1.50. The first-order valence-corrected chi connectivity index (χ1v) is 9.19. The van der Waals surface area contributed by atoms with Crippen LogP contribution in [0.15, 0.2) is 57.7 Å². The zero-order valence-electron chi connectivity index (χ0n) is 15.3. The van der Waals surface area contributed by atoms with Crippen LogP contribution in [0.3, 0.4) is 0 Å². The van der Waals surface area contributed by atoms with Crippen molar-refractivity contribution < 1.29 is 13.9 Å². The number of fused-ring (bicyclic) bond motifs is 1. The summed E-state index contributed by atoms with van der Waals surface area (Å²) >= 11 is 0. The number of hydrogen-bond donors (Lipinski definition) is 0. The molecule has 140 valence electrons. The van der Waals surface area contributed by atoms with Crippen molar-refractivity contribution in [3.8, 4) is 5.75 Å². The van der Waals surface area contributed by atoms with Crippen LogP contribution in [0.25, 0.3) is 11.1 Å². The standard InChI is InChI=1S/C21H22N2O4/c1-26-16-7-4-6-15(14-16)17-9-5-12-22(17)20(24)11-13-23-18-8-2-3-10-19(18)27-21(23)25/h2-4,6-8,10,14,17H,5,9,11-13H2,1H3. The monoisotopic (exact) mass is 366 g/mol. The number of nitrogens with zero attached hydrogens (tertiary/aromatic N) is 2. The maximum Gasteiger partial charge on any atom is 0.419 e. The fraction of sp³-hybridized carbons (Fsp3) is 0.333. The van der Waals surface area contributed by atoms with Gasteiger partial charge in [-0.2, -0.15) is 0 Å². The van der Waals surface area contributed by atoms with Gasteiger partial charge >= 0.3 is 5.76 Å². The molecule has 1 aliphatic heterocycles. The average molecular weight is 366 g/mol. The van der Waals surface area contributed by atoms with Crippen LogP contribution in [0.5, 0.6) is 5.75 Å². The number of aromatic nitrogens is 1. The summed E-state index contributed by atoms with van der Waals surface area (Å²) in [6, 6.07) is 15.2. The lowest BCUT2D eigenvalue weighted by molar-refractivity contribution is -0.132. The molecule has 1 amide bonds. The van der Waals surface area contributed by atoms with Gasteiger partial charge in [-0.05, 0) is 42.7 Å². The van der Waals surface area contributed by atoms with E-state index >= 15 is 0 Å². The van der Waals surface area contributed by atoms with E-state index in [1.807, 2.05) is 47.4 Å². The summed E-state index contributed by atoms with van der Waals surface area (Å²) in [4.78, 5) is 26.9. The topological polar surface area (TPSA) is 64.7 Å². The smallest absolute Gasteiger partial charge is 0.419 e. The van der Waals surface area contributed by atoms with Gasteiger partial charge in [0, 0.05) is 19.5 Å². The number of methoxy groups -OCH3 is 1. The normalized spacial score (nSPS) is 16.8. The molecule has 27 heavy (non-hydrogen) atoms. The van der Waals surface area contributed by atoms with E-state index in [0.717, 1.165) is 36.2 Å². The van der Waals surface area contributed by atoms with Crippen LogP contribution in [0, 0.1) is 0 Å². The van der Waals surface area contributed by atoms with Gasteiger partial charge in [0.25, 0.3) is 0 Å². The van der Waals surface area contributed by atoms with Crippen molar-refractivity contribution in [2.45, 2.75) is 31.8 Å². The number of aryl methyl sites for hydroxylation is 1. The van der Waals surface area contributed by atoms with Gasteiger partial charge in [0.1, 0.15) is 5.75 Å². The first kappa shape index (κ1) is 17.4. The number of oxazole rings is 1. The molecule has 2 heterocycles. The summed E-state index contributed by atoms with van der Waals surface area (Å²) < 4.78 is 12.1. The van der Waals surface area contributed by atoms with Gasteiger partial charge in [-0.3, -0.25) is 9.36 Å². The van der Waals surface area contributed by atoms with E-state index in [-0.39, 0.29) is 18.4 Å². The van der Waals surface area contributed by atoms with Crippen LogP contribution in [0.4, 0.5) is 0 Å². The molecule has 0 N–H and O–H groups in total. The third-order valence-corrected chi connectivity index (χ3v) is 5.17. The molecule has 1 aromatic heterocycles. The number of carbonyl (C=O) groups is 1. The Kier molecular flexibility index (Phi) is 4.71. The highest BCUT2D eigenvalue weighted by molar-refractivity contribution is 5.77. The predicted octanol–water partition coefficient (Wildman–Crippen LogP) is 3.36. The van der Waals surface area contributed by atoms with Gasteiger partial charge < -0.3 is 14.1 Å². The van der Waals surface area contributed by atoms with E-state index in [4.69, 9.17) is 9.15 Å². The Hall–Kier alpha value is -3.02. The highest BCUT2D eigenvalue weighted by atomic mass is 16.5. The Morgan fingerprint density at radius 3 is 2.93 bits per heavy atom. The Labute approximate surface area is 157 Å². The summed E-state index contributed by atoms with van der Waals surface area (Å²) in [5.74, 6) is 0.426. The van der Waals surface area contributed by atoms with Crippen molar-refractivity contribution in [2.75, 3.05) is 13.7 Å². The lowest BCUT2D eigenvalue weighted by Gasteiger charge is -2.25. The molecular formula is C21H22N2O4. The minimum atomic E-state index is -0.422. The minimum absolute atomic E-state index is 0.0532. The molecule has 1 aliphatic rings. The first-order valence-electron chi connectivity index (χ1n) is 9.19. The second kappa shape index (κ2) is 7.31. The maximum atomic E-state index is 12.9. The summed E-state index contributed by atoms with van der Waals surface area (Å²) in [6.45, 7) is 1.05. The fourth-order valence-corrected chi connectivity index (χ4v) is 3.84. The average Bonchev–Trinajstić information content (AvgIpc) is 3.30. The Morgan fingerprint density at radius 1 is 1.22 bits per heavy atom. The van der Waals surface area contributed by atoms with Crippen molar-refractivity contribution >= 4 is 17.0 Å². The molecule has 6 nitrogen and oxygen atoms in total. The largest absolute Gasteiger partial charge is 0.497 e.